The number of morpholine rings is 1. The van der Waals surface area contributed by atoms with Crippen molar-refractivity contribution in [2.24, 2.45) is 0 Å². The number of amides is 1. The average molecular weight is 499 g/mol. The van der Waals surface area contributed by atoms with E-state index in [1.807, 2.05) is 66.7 Å². The number of ether oxygens (including phenoxy) is 3. The number of hydrogen-bond acceptors (Lipinski definition) is 7. The Labute approximate surface area is 216 Å². The van der Waals surface area contributed by atoms with Gasteiger partial charge >= 0.3 is 0 Å². The van der Waals surface area contributed by atoms with Crippen LogP contribution in [-0.2, 0) is 9.53 Å². The molecule has 3 aromatic carbocycles. The molecule has 0 spiro atoms. The monoisotopic (exact) mass is 498 g/mol. The van der Waals surface area contributed by atoms with Gasteiger partial charge in [0, 0.05) is 35.4 Å². The Kier molecular flexibility index (Phi) is 7.49. The summed E-state index contributed by atoms with van der Waals surface area (Å²) in [5.74, 6) is 2.27. The summed E-state index contributed by atoms with van der Waals surface area (Å²) in [7, 11) is 3.31. The Morgan fingerprint density at radius 3 is 2.27 bits per heavy atom. The van der Waals surface area contributed by atoms with E-state index in [4.69, 9.17) is 19.2 Å². The minimum absolute atomic E-state index is 0.0315. The molecule has 0 aliphatic carbocycles. The Morgan fingerprint density at radius 2 is 1.57 bits per heavy atom. The molecule has 0 radical (unpaired) electrons. The van der Waals surface area contributed by atoms with E-state index in [0.717, 1.165) is 63.8 Å². The lowest BCUT2D eigenvalue weighted by molar-refractivity contribution is -0.118. The molecule has 4 aromatic rings. The van der Waals surface area contributed by atoms with Crippen LogP contribution in [0, 0.1) is 0 Å². The summed E-state index contributed by atoms with van der Waals surface area (Å²) < 4.78 is 16.1. The average Bonchev–Trinajstić information content (AvgIpc) is 2.94. The molecule has 8 nitrogen and oxygen atoms in total. The first-order valence-corrected chi connectivity index (χ1v) is 12.2. The Morgan fingerprint density at radius 1 is 0.892 bits per heavy atom. The van der Waals surface area contributed by atoms with Gasteiger partial charge in [-0.15, -0.1) is 0 Å². The van der Waals surface area contributed by atoms with Crippen LogP contribution in [0.25, 0.3) is 22.0 Å². The van der Waals surface area contributed by atoms with E-state index in [9.17, 15) is 4.79 Å². The zero-order chi connectivity index (χ0) is 25.6. The van der Waals surface area contributed by atoms with Crippen molar-refractivity contribution in [2.75, 3.05) is 57.7 Å². The van der Waals surface area contributed by atoms with Gasteiger partial charge in [-0.2, -0.15) is 0 Å². The van der Waals surface area contributed by atoms with Crippen molar-refractivity contribution in [3.05, 3.63) is 72.8 Å². The van der Waals surface area contributed by atoms with E-state index in [-0.39, 0.29) is 5.91 Å². The van der Waals surface area contributed by atoms with Crippen LogP contribution < -0.4 is 20.1 Å². The van der Waals surface area contributed by atoms with Crippen LogP contribution >= 0.6 is 0 Å². The van der Waals surface area contributed by atoms with Crippen molar-refractivity contribution < 1.29 is 19.0 Å². The number of methoxy groups -OCH3 is 2. The predicted octanol–water partition coefficient (Wildman–Crippen LogP) is 4.93. The standard InChI is InChI=1S/C29H30N4O4/c1-35-24-9-3-20(4-10-24)26-18-21-17-25(36-2)11-12-27(21)32-29(26)31-23-7-5-22(6-8-23)30-28(34)19-33-13-15-37-16-14-33/h3-12,17-18H,13-16,19H2,1-2H3,(H,30,34)(H,31,32). The predicted molar refractivity (Wildman–Crippen MR) is 146 cm³/mol. The second kappa shape index (κ2) is 11.3. The molecule has 1 amide bonds. The van der Waals surface area contributed by atoms with Crippen LogP contribution in [-0.4, -0.2) is 62.9 Å². The maximum atomic E-state index is 12.4. The number of aromatic nitrogens is 1. The van der Waals surface area contributed by atoms with Crippen LogP contribution in [0.5, 0.6) is 11.5 Å². The van der Waals surface area contributed by atoms with Crippen molar-refractivity contribution in [2.45, 2.75) is 0 Å². The second-order valence-corrected chi connectivity index (χ2v) is 8.81. The number of nitrogens with zero attached hydrogens (tertiary/aromatic N) is 2. The molecule has 1 fully saturated rings. The molecule has 190 valence electrons. The molecular formula is C29H30N4O4. The molecule has 1 aliphatic rings. The fraction of sp³-hybridized carbons (Fsp3) is 0.241. The highest BCUT2D eigenvalue weighted by Gasteiger charge is 2.15. The van der Waals surface area contributed by atoms with Crippen LogP contribution in [0.3, 0.4) is 0 Å². The first-order chi connectivity index (χ1) is 18.1. The number of anilines is 3. The van der Waals surface area contributed by atoms with E-state index in [1.54, 1.807) is 14.2 Å². The maximum absolute atomic E-state index is 12.4. The number of nitrogens with one attached hydrogen (secondary N) is 2. The first-order valence-electron chi connectivity index (χ1n) is 12.2. The highest BCUT2D eigenvalue weighted by atomic mass is 16.5. The highest BCUT2D eigenvalue weighted by molar-refractivity contribution is 5.93. The number of fused-ring (bicyclic) bond motifs is 1. The molecule has 0 saturated carbocycles. The summed E-state index contributed by atoms with van der Waals surface area (Å²) in [6, 6.07) is 23.5. The summed E-state index contributed by atoms with van der Waals surface area (Å²) in [6.07, 6.45) is 0. The maximum Gasteiger partial charge on any atom is 0.238 e. The SMILES string of the molecule is COc1ccc(-c2cc3cc(OC)ccc3nc2Nc2ccc(NC(=O)CN3CCOCC3)cc2)cc1. The molecule has 37 heavy (non-hydrogen) atoms. The van der Waals surface area contributed by atoms with E-state index in [0.29, 0.717) is 19.8 Å². The van der Waals surface area contributed by atoms with Crippen LogP contribution in [0.4, 0.5) is 17.2 Å². The number of pyridine rings is 1. The van der Waals surface area contributed by atoms with Crippen molar-refractivity contribution in [1.29, 1.82) is 0 Å². The van der Waals surface area contributed by atoms with Gasteiger partial charge in [0.15, 0.2) is 0 Å². The van der Waals surface area contributed by atoms with Gasteiger partial charge in [0.05, 0.1) is 39.5 Å². The third-order valence-electron chi connectivity index (χ3n) is 6.33. The minimum atomic E-state index is -0.0315. The first kappa shape index (κ1) is 24.5. The van der Waals surface area contributed by atoms with Crippen molar-refractivity contribution in [1.82, 2.24) is 9.88 Å². The number of rotatable bonds is 8. The quantitative estimate of drug-likeness (QED) is 0.356. The summed E-state index contributed by atoms with van der Waals surface area (Å²) in [5, 5.41) is 7.41. The Bertz CT molecular complexity index is 1370. The molecule has 0 bridgehead atoms. The molecule has 1 aromatic heterocycles. The largest absolute Gasteiger partial charge is 0.497 e. The van der Waals surface area contributed by atoms with Crippen LogP contribution in [0.1, 0.15) is 0 Å². The Balaban J connectivity index is 1.37. The van der Waals surface area contributed by atoms with Gasteiger partial charge in [-0.25, -0.2) is 4.98 Å². The van der Waals surface area contributed by atoms with E-state index in [1.165, 1.54) is 0 Å². The van der Waals surface area contributed by atoms with E-state index < -0.39 is 0 Å². The van der Waals surface area contributed by atoms with Gasteiger partial charge in [-0.05, 0) is 66.2 Å². The van der Waals surface area contributed by atoms with E-state index in [2.05, 4.69) is 21.6 Å². The lowest BCUT2D eigenvalue weighted by Gasteiger charge is -2.25. The van der Waals surface area contributed by atoms with Gasteiger partial charge < -0.3 is 24.8 Å². The summed E-state index contributed by atoms with van der Waals surface area (Å²) in [6.45, 7) is 3.25. The van der Waals surface area contributed by atoms with Crippen molar-refractivity contribution >= 4 is 34.0 Å². The van der Waals surface area contributed by atoms with Crippen molar-refractivity contribution in [3.8, 4) is 22.6 Å². The highest BCUT2D eigenvalue weighted by Crippen LogP contribution is 2.34. The summed E-state index contributed by atoms with van der Waals surface area (Å²) in [5.41, 5.74) is 4.42. The lowest BCUT2D eigenvalue weighted by Crippen LogP contribution is -2.41. The topological polar surface area (TPSA) is 85.0 Å². The zero-order valence-corrected chi connectivity index (χ0v) is 21.0. The van der Waals surface area contributed by atoms with Gasteiger partial charge in [0.2, 0.25) is 5.91 Å². The molecule has 0 unspecified atom stereocenters. The number of carbonyl (C=O) groups is 1. The minimum Gasteiger partial charge on any atom is -0.497 e. The third kappa shape index (κ3) is 5.99. The molecular weight excluding hydrogens is 468 g/mol. The Hall–Kier alpha value is -4.14. The lowest BCUT2D eigenvalue weighted by atomic mass is 10.0. The van der Waals surface area contributed by atoms with Gasteiger partial charge in [-0.1, -0.05) is 12.1 Å². The van der Waals surface area contributed by atoms with Gasteiger partial charge in [-0.3, -0.25) is 9.69 Å². The molecule has 0 atom stereocenters. The van der Waals surface area contributed by atoms with E-state index >= 15 is 0 Å². The smallest absolute Gasteiger partial charge is 0.238 e. The molecule has 5 rings (SSSR count). The number of benzene rings is 3. The third-order valence-corrected chi connectivity index (χ3v) is 6.33. The van der Waals surface area contributed by atoms with Gasteiger partial charge in [0.1, 0.15) is 17.3 Å². The molecule has 8 heteroatoms. The molecule has 2 heterocycles. The van der Waals surface area contributed by atoms with Crippen LogP contribution in [0.15, 0.2) is 72.8 Å². The van der Waals surface area contributed by atoms with Crippen LogP contribution in [0.2, 0.25) is 0 Å². The molecule has 2 N–H and O–H groups in total. The molecule has 1 saturated heterocycles. The fourth-order valence-corrected chi connectivity index (χ4v) is 4.30. The van der Waals surface area contributed by atoms with Gasteiger partial charge in [0.25, 0.3) is 0 Å². The summed E-state index contributed by atoms with van der Waals surface area (Å²) >= 11 is 0. The normalized spacial score (nSPS) is 13.8. The summed E-state index contributed by atoms with van der Waals surface area (Å²) in [4.78, 5) is 19.4. The second-order valence-electron chi connectivity index (χ2n) is 8.81. The fourth-order valence-electron chi connectivity index (χ4n) is 4.30. The number of hydrogen-bond donors (Lipinski definition) is 2. The molecule has 1 aliphatic heterocycles. The zero-order valence-electron chi connectivity index (χ0n) is 21.0. The number of carbonyl (C=O) groups excluding carboxylic acids is 1. The van der Waals surface area contributed by atoms with Crippen molar-refractivity contribution in [3.63, 3.8) is 0 Å².